The van der Waals surface area contributed by atoms with Crippen LogP contribution >= 0.6 is 11.6 Å². The zero-order valence-corrected chi connectivity index (χ0v) is 21.1. The van der Waals surface area contributed by atoms with Gasteiger partial charge in [0, 0.05) is 5.02 Å². The van der Waals surface area contributed by atoms with Crippen molar-refractivity contribution >= 4 is 45.4 Å². The molecule has 0 spiro atoms. The summed E-state index contributed by atoms with van der Waals surface area (Å²) in [6.45, 7) is 0.947. The van der Waals surface area contributed by atoms with E-state index in [1.807, 2.05) is 0 Å². The van der Waals surface area contributed by atoms with E-state index in [9.17, 15) is 18.0 Å². The Hall–Kier alpha value is -3.89. The molecule has 36 heavy (non-hydrogen) atoms. The van der Waals surface area contributed by atoms with Crippen molar-refractivity contribution in [3.8, 4) is 5.75 Å². The van der Waals surface area contributed by atoms with Gasteiger partial charge >= 0.3 is 5.97 Å². The van der Waals surface area contributed by atoms with Crippen LogP contribution < -0.4 is 14.5 Å². The summed E-state index contributed by atoms with van der Waals surface area (Å²) in [5.74, 6) is -0.764. The second kappa shape index (κ2) is 12.2. The van der Waals surface area contributed by atoms with Crippen molar-refractivity contribution in [3.63, 3.8) is 0 Å². The molecule has 0 bridgehead atoms. The molecule has 3 aromatic carbocycles. The first-order valence-corrected chi connectivity index (χ1v) is 12.5. The van der Waals surface area contributed by atoms with Gasteiger partial charge in [-0.3, -0.25) is 9.10 Å². The normalized spacial score (nSPS) is 11.2. The maximum atomic E-state index is 13.4. The van der Waals surface area contributed by atoms with Crippen LogP contribution in [-0.2, 0) is 24.3 Å². The summed E-state index contributed by atoms with van der Waals surface area (Å²) in [5.41, 5.74) is 3.83. The fourth-order valence-electron chi connectivity index (χ4n) is 3.15. The molecule has 0 atom stereocenters. The minimum absolute atomic E-state index is 0.0411. The van der Waals surface area contributed by atoms with Gasteiger partial charge in [-0.05, 0) is 60.5 Å². The van der Waals surface area contributed by atoms with E-state index >= 15 is 0 Å². The van der Waals surface area contributed by atoms with Crippen LogP contribution in [0.3, 0.4) is 0 Å². The fourth-order valence-corrected chi connectivity index (χ4v) is 4.88. The third-order valence-corrected chi connectivity index (χ3v) is 6.90. The molecular formula is C25H24ClN3O6S. The number of nitrogens with zero attached hydrogens (tertiary/aromatic N) is 2. The zero-order valence-electron chi connectivity index (χ0n) is 19.5. The molecule has 188 valence electrons. The number of methoxy groups -OCH3 is 1. The van der Waals surface area contributed by atoms with Crippen molar-refractivity contribution < 1.29 is 27.5 Å². The SMILES string of the molecule is COC(=O)COc1cccc(/C=N/NC(=O)CN(c2ccc(Cl)cc2C)S(=O)(=O)c2ccccc2)c1. The van der Waals surface area contributed by atoms with Crippen LogP contribution in [0.25, 0.3) is 0 Å². The number of hydrogen-bond donors (Lipinski definition) is 1. The summed E-state index contributed by atoms with van der Waals surface area (Å²) < 4.78 is 37.7. The highest BCUT2D eigenvalue weighted by atomic mass is 35.5. The van der Waals surface area contributed by atoms with Gasteiger partial charge in [0.1, 0.15) is 12.3 Å². The number of halogens is 1. The molecule has 0 heterocycles. The van der Waals surface area contributed by atoms with Crippen LogP contribution in [0.4, 0.5) is 5.69 Å². The van der Waals surface area contributed by atoms with E-state index in [1.165, 1.54) is 25.5 Å². The highest BCUT2D eigenvalue weighted by Crippen LogP contribution is 2.28. The topological polar surface area (TPSA) is 114 Å². The number of anilines is 1. The highest BCUT2D eigenvalue weighted by Gasteiger charge is 2.28. The van der Waals surface area contributed by atoms with Crippen LogP contribution in [-0.4, -0.2) is 46.8 Å². The Bertz CT molecular complexity index is 1360. The number of nitrogens with one attached hydrogen (secondary N) is 1. The summed E-state index contributed by atoms with van der Waals surface area (Å²) in [4.78, 5) is 24.0. The highest BCUT2D eigenvalue weighted by molar-refractivity contribution is 7.92. The number of aryl methyl sites for hydroxylation is 1. The molecule has 1 N–H and O–H groups in total. The smallest absolute Gasteiger partial charge is 0.343 e. The number of hydrogen-bond acceptors (Lipinski definition) is 7. The van der Waals surface area contributed by atoms with Crippen LogP contribution in [0.1, 0.15) is 11.1 Å². The van der Waals surface area contributed by atoms with E-state index in [0.717, 1.165) is 4.31 Å². The number of carbonyl (C=O) groups excluding carboxylic acids is 2. The lowest BCUT2D eigenvalue weighted by Gasteiger charge is -2.25. The maximum Gasteiger partial charge on any atom is 0.343 e. The quantitative estimate of drug-likeness (QED) is 0.244. The van der Waals surface area contributed by atoms with Gasteiger partial charge in [-0.15, -0.1) is 0 Å². The number of esters is 1. The first-order chi connectivity index (χ1) is 17.2. The van der Waals surface area contributed by atoms with Crippen molar-refractivity contribution in [1.82, 2.24) is 5.43 Å². The van der Waals surface area contributed by atoms with Gasteiger partial charge in [0.15, 0.2) is 6.61 Å². The minimum atomic E-state index is -4.06. The van der Waals surface area contributed by atoms with Gasteiger partial charge in [0.05, 0.1) is 23.9 Å². The molecule has 0 aliphatic carbocycles. The average Bonchev–Trinajstić information content (AvgIpc) is 2.87. The Labute approximate surface area is 214 Å². The van der Waals surface area contributed by atoms with E-state index < -0.39 is 28.4 Å². The van der Waals surface area contributed by atoms with E-state index in [0.29, 0.717) is 27.6 Å². The molecule has 0 aromatic heterocycles. The van der Waals surface area contributed by atoms with E-state index in [1.54, 1.807) is 67.6 Å². The molecule has 0 fully saturated rings. The third-order valence-electron chi connectivity index (χ3n) is 4.89. The molecule has 0 radical (unpaired) electrons. The maximum absolute atomic E-state index is 13.4. The number of amides is 1. The second-order valence-corrected chi connectivity index (χ2v) is 9.78. The van der Waals surface area contributed by atoms with Gasteiger partial charge in [-0.1, -0.05) is 41.9 Å². The van der Waals surface area contributed by atoms with Gasteiger partial charge in [0.2, 0.25) is 0 Å². The summed E-state index contributed by atoms with van der Waals surface area (Å²) in [6, 6.07) is 19.2. The summed E-state index contributed by atoms with van der Waals surface area (Å²) in [5, 5.41) is 4.36. The predicted octanol–water partition coefficient (Wildman–Crippen LogP) is 3.55. The summed E-state index contributed by atoms with van der Waals surface area (Å²) >= 11 is 6.04. The standard InChI is InChI=1S/C25H24ClN3O6S/c1-18-13-20(26)11-12-23(18)29(36(32,33)22-9-4-3-5-10-22)16-24(30)28-27-15-19-7-6-8-21(14-19)35-17-25(31)34-2/h3-15H,16-17H2,1-2H3,(H,28,30)/b27-15+. The lowest BCUT2D eigenvalue weighted by molar-refractivity contribution is -0.142. The number of rotatable bonds is 10. The fraction of sp³-hybridized carbons (Fsp3) is 0.160. The van der Waals surface area contributed by atoms with Gasteiger partial charge in [-0.2, -0.15) is 5.10 Å². The Morgan fingerprint density at radius 2 is 1.81 bits per heavy atom. The van der Waals surface area contributed by atoms with Crippen molar-refractivity contribution in [1.29, 1.82) is 0 Å². The van der Waals surface area contributed by atoms with Crippen molar-refractivity contribution in [2.45, 2.75) is 11.8 Å². The summed E-state index contributed by atoms with van der Waals surface area (Å²) in [7, 11) is -2.80. The minimum Gasteiger partial charge on any atom is -0.482 e. The Morgan fingerprint density at radius 1 is 1.06 bits per heavy atom. The first-order valence-electron chi connectivity index (χ1n) is 10.7. The molecule has 0 saturated heterocycles. The van der Waals surface area contributed by atoms with E-state index in [4.69, 9.17) is 16.3 Å². The largest absolute Gasteiger partial charge is 0.482 e. The van der Waals surface area contributed by atoms with Crippen LogP contribution in [0.15, 0.2) is 82.8 Å². The number of sulfonamides is 1. The molecule has 0 unspecified atom stereocenters. The molecule has 9 nitrogen and oxygen atoms in total. The van der Waals surface area contributed by atoms with Crippen LogP contribution in [0.2, 0.25) is 5.02 Å². The number of hydrazone groups is 1. The van der Waals surface area contributed by atoms with Gasteiger partial charge in [-0.25, -0.2) is 18.6 Å². The number of benzene rings is 3. The molecule has 1 amide bonds. The van der Waals surface area contributed by atoms with E-state index in [2.05, 4.69) is 15.3 Å². The van der Waals surface area contributed by atoms with Gasteiger partial charge in [0.25, 0.3) is 15.9 Å². The van der Waals surface area contributed by atoms with Crippen molar-refractivity contribution in [3.05, 3.63) is 88.9 Å². The monoisotopic (exact) mass is 529 g/mol. The Morgan fingerprint density at radius 3 is 2.50 bits per heavy atom. The molecule has 3 rings (SSSR count). The predicted molar refractivity (Wildman–Crippen MR) is 137 cm³/mol. The molecule has 0 aliphatic heterocycles. The average molecular weight is 530 g/mol. The first kappa shape index (κ1) is 26.7. The van der Waals surface area contributed by atoms with Crippen LogP contribution in [0, 0.1) is 6.92 Å². The zero-order chi connectivity index (χ0) is 26.1. The molecule has 0 aliphatic rings. The number of carbonyl (C=O) groups is 2. The molecular weight excluding hydrogens is 506 g/mol. The summed E-state index contributed by atoms with van der Waals surface area (Å²) in [6.07, 6.45) is 1.37. The van der Waals surface area contributed by atoms with Crippen molar-refractivity contribution in [2.75, 3.05) is 24.6 Å². The Balaban J connectivity index is 1.76. The number of ether oxygens (including phenoxy) is 2. The lowest BCUT2D eigenvalue weighted by atomic mass is 10.2. The van der Waals surface area contributed by atoms with E-state index in [-0.39, 0.29) is 11.5 Å². The second-order valence-electron chi connectivity index (χ2n) is 7.49. The third kappa shape index (κ3) is 7.06. The molecule has 3 aromatic rings. The Kier molecular flexibility index (Phi) is 9.04. The molecule has 11 heteroatoms. The van der Waals surface area contributed by atoms with Crippen molar-refractivity contribution in [2.24, 2.45) is 5.10 Å². The lowest BCUT2D eigenvalue weighted by Crippen LogP contribution is -2.40. The van der Waals surface area contributed by atoms with Crippen LogP contribution in [0.5, 0.6) is 5.75 Å². The van der Waals surface area contributed by atoms with Gasteiger partial charge < -0.3 is 9.47 Å². The molecule has 0 saturated carbocycles.